The first-order valence-corrected chi connectivity index (χ1v) is 9.69. The van der Waals surface area contributed by atoms with Crippen molar-refractivity contribution in [3.8, 4) is 5.75 Å². The zero-order chi connectivity index (χ0) is 21.0. The molecule has 0 aliphatic heterocycles. The van der Waals surface area contributed by atoms with Crippen LogP contribution < -0.4 is 4.74 Å². The topological polar surface area (TPSA) is 66.8 Å². The van der Waals surface area contributed by atoms with Crippen LogP contribution >= 0.6 is 0 Å². The van der Waals surface area contributed by atoms with Crippen LogP contribution in [0.2, 0.25) is 0 Å². The van der Waals surface area contributed by atoms with Gasteiger partial charge in [-0.1, -0.05) is 24.3 Å². The van der Waals surface area contributed by atoms with E-state index >= 15 is 0 Å². The number of ether oxygens (including phenoxy) is 3. The van der Waals surface area contributed by atoms with E-state index in [9.17, 15) is 9.59 Å². The zero-order valence-corrected chi connectivity index (χ0v) is 17.4. The predicted molar refractivity (Wildman–Crippen MR) is 112 cm³/mol. The minimum Gasteiger partial charge on any atom is -0.495 e. The lowest BCUT2D eigenvalue weighted by molar-refractivity contribution is -0.141. The first-order chi connectivity index (χ1) is 14.0. The highest BCUT2D eigenvalue weighted by molar-refractivity contribution is 6.11. The highest BCUT2D eigenvalue weighted by Gasteiger charge is 2.23. The molecule has 0 radical (unpaired) electrons. The Morgan fingerprint density at radius 2 is 1.55 bits per heavy atom. The molecule has 1 heterocycles. The van der Waals surface area contributed by atoms with Crippen LogP contribution in [0.25, 0.3) is 21.8 Å². The molecule has 0 unspecified atom stereocenters. The van der Waals surface area contributed by atoms with E-state index in [0.717, 1.165) is 33.1 Å². The average Bonchev–Trinajstić information content (AvgIpc) is 3.06. The summed E-state index contributed by atoms with van der Waals surface area (Å²) in [7, 11) is 6.47. The van der Waals surface area contributed by atoms with Crippen LogP contribution in [-0.2, 0) is 26.1 Å². The molecule has 0 bridgehead atoms. The normalized spacial score (nSPS) is 11.2. The lowest BCUT2D eigenvalue weighted by atomic mass is 9.87. The molecule has 0 aliphatic carbocycles. The van der Waals surface area contributed by atoms with Gasteiger partial charge in [-0.2, -0.15) is 0 Å². The Hall–Kier alpha value is -3.02. The van der Waals surface area contributed by atoms with E-state index in [2.05, 4.69) is 16.7 Å². The van der Waals surface area contributed by atoms with E-state index in [4.69, 9.17) is 14.2 Å². The number of esters is 2. The molecular weight excluding hydrogens is 370 g/mol. The second-order valence-electron chi connectivity index (χ2n) is 7.08. The first kappa shape index (κ1) is 20.7. The van der Waals surface area contributed by atoms with Crippen molar-refractivity contribution in [2.75, 3.05) is 21.3 Å². The number of aromatic nitrogens is 1. The van der Waals surface area contributed by atoms with Gasteiger partial charge in [0.2, 0.25) is 0 Å². The molecule has 3 rings (SSSR count). The molecular formula is C23H27NO5. The van der Waals surface area contributed by atoms with Crippen LogP contribution in [0.1, 0.15) is 37.2 Å². The summed E-state index contributed by atoms with van der Waals surface area (Å²) < 4.78 is 17.4. The number of fused-ring (bicyclic) bond motifs is 3. The first-order valence-electron chi connectivity index (χ1n) is 9.69. The van der Waals surface area contributed by atoms with Crippen molar-refractivity contribution in [1.29, 1.82) is 0 Å². The number of nitrogens with zero attached hydrogens (tertiary/aromatic N) is 1. The summed E-state index contributed by atoms with van der Waals surface area (Å²) in [4.78, 5) is 23.6. The number of carbonyl (C=O) groups is 2. The zero-order valence-electron chi connectivity index (χ0n) is 17.4. The summed E-state index contributed by atoms with van der Waals surface area (Å²) in [6.45, 7) is 0. The Morgan fingerprint density at radius 3 is 2.14 bits per heavy atom. The van der Waals surface area contributed by atoms with Crippen LogP contribution in [0.5, 0.6) is 5.75 Å². The molecule has 6 heteroatoms. The molecule has 0 atom stereocenters. The molecule has 0 saturated carbocycles. The summed E-state index contributed by atoms with van der Waals surface area (Å²) in [6.07, 6.45) is 1.77. The van der Waals surface area contributed by atoms with E-state index in [-0.39, 0.29) is 17.9 Å². The average molecular weight is 397 g/mol. The van der Waals surface area contributed by atoms with Gasteiger partial charge in [0.05, 0.1) is 26.8 Å². The number of carbonyl (C=O) groups excluding carboxylic acids is 2. The van der Waals surface area contributed by atoms with Gasteiger partial charge in [0.25, 0.3) is 0 Å². The fourth-order valence-electron chi connectivity index (χ4n) is 4.05. The van der Waals surface area contributed by atoms with Crippen LogP contribution in [0.4, 0.5) is 0 Å². The monoisotopic (exact) mass is 397 g/mol. The highest BCUT2D eigenvalue weighted by atomic mass is 16.5. The molecule has 29 heavy (non-hydrogen) atoms. The maximum atomic E-state index is 11.8. The molecule has 6 nitrogen and oxygen atoms in total. The van der Waals surface area contributed by atoms with E-state index in [1.807, 2.05) is 31.3 Å². The van der Waals surface area contributed by atoms with Crippen molar-refractivity contribution in [2.24, 2.45) is 7.05 Å². The van der Waals surface area contributed by atoms with Gasteiger partial charge in [-0.15, -0.1) is 0 Å². The Labute approximate surface area is 170 Å². The van der Waals surface area contributed by atoms with E-state index in [1.165, 1.54) is 14.2 Å². The Bertz CT molecular complexity index is 1020. The number of aryl methyl sites for hydroxylation is 1. The van der Waals surface area contributed by atoms with Crippen molar-refractivity contribution in [1.82, 2.24) is 4.57 Å². The fraction of sp³-hybridized carbons (Fsp3) is 0.391. The molecule has 2 aromatic carbocycles. The van der Waals surface area contributed by atoms with Crippen LogP contribution in [-0.4, -0.2) is 37.8 Å². The Morgan fingerprint density at radius 1 is 0.931 bits per heavy atom. The second-order valence-corrected chi connectivity index (χ2v) is 7.08. The molecule has 0 aliphatic rings. The maximum Gasteiger partial charge on any atom is 0.305 e. The molecule has 1 aromatic heterocycles. The third-order valence-corrected chi connectivity index (χ3v) is 5.55. The summed E-state index contributed by atoms with van der Waals surface area (Å²) in [5.41, 5.74) is 3.21. The van der Waals surface area contributed by atoms with Crippen LogP contribution in [0.3, 0.4) is 0 Å². The third kappa shape index (κ3) is 4.06. The quantitative estimate of drug-likeness (QED) is 0.529. The molecule has 0 saturated heterocycles. The van der Waals surface area contributed by atoms with Gasteiger partial charge in [-0.05, 0) is 36.5 Å². The van der Waals surface area contributed by atoms with Gasteiger partial charge in [0.15, 0.2) is 0 Å². The minimum absolute atomic E-state index is 0.00686. The third-order valence-electron chi connectivity index (χ3n) is 5.55. The molecule has 0 spiro atoms. The second kappa shape index (κ2) is 8.99. The summed E-state index contributed by atoms with van der Waals surface area (Å²) in [6, 6.07) is 12.2. The number of hydrogen-bond acceptors (Lipinski definition) is 5. The molecule has 0 fully saturated rings. The van der Waals surface area contributed by atoms with E-state index in [1.54, 1.807) is 7.11 Å². The number of para-hydroxylation sites is 1. The standard InChI is InChI=1S/C23H27NO5/c1-24-18-8-6-5-7-17(18)22-16(11-12-19(27-2)23(22)24)15(9-13-20(25)28-3)10-14-21(26)29-4/h5-8,11-12,15H,9-10,13-14H2,1-4H3. The van der Waals surface area contributed by atoms with Gasteiger partial charge in [0.1, 0.15) is 5.75 Å². The van der Waals surface area contributed by atoms with Gasteiger partial charge in [0, 0.05) is 36.2 Å². The van der Waals surface area contributed by atoms with Crippen molar-refractivity contribution in [3.05, 3.63) is 42.0 Å². The smallest absolute Gasteiger partial charge is 0.305 e. The molecule has 0 amide bonds. The molecule has 3 aromatic rings. The van der Waals surface area contributed by atoms with Gasteiger partial charge in [-0.25, -0.2) is 0 Å². The van der Waals surface area contributed by atoms with Crippen molar-refractivity contribution >= 4 is 33.7 Å². The number of hydrogen-bond donors (Lipinski definition) is 0. The van der Waals surface area contributed by atoms with Crippen molar-refractivity contribution in [3.63, 3.8) is 0 Å². The van der Waals surface area contributed by atoms with Gasteiger partial charge < -0.3 is 18.8 Å². The molecule has 154 valence electrons. The summed E-state index contributed by atoms with van der Waals surface area (Å²) >= 11 is 0. The lowest BCUT2D eigenvalue weighted by Gasteiger charge is -2.19. The maximum absolute atomic E-state index is 11.8. The lowest BCUT2D eigenvalue weighted by Crippen LogP contribution is -2.09. The largest absolute Gasteiger partial charge is 0.495 e. The Kier molecular flexibility index (Phi) is 6.42. The van der Waals surface area contributed by atoms with Crippen molar-refractivity contribution < 1.29 is 23.8 Å². The van der Waals surface area contributed by atoms with E-state index in [0.29, 0.717) is 25.7 Å². The summed E-state index contributed by atoms with van der Waals surface area (Å²) in [5.74, 6) is 0.293. The highest BCUT2D eigenvalue weighted by Crippen LogP contribution is 2.41. The predicted octanol–water partition coefficient (Wildman–Crippen LogP) is 4.33. The van der Waals surface area contributed by atoms with E-state index < -0.39 is 0 Å². The number of benzene rings is 2. The van der Waals surface area contributed by atoms with Gasteiger partial charge >= 0.3 is 11.9 Å². The molecule has 0 N–H and O–H groups in total. The Balaban J connectivity index is 2.15. The van der Waals surface area contributed by atoms with Crippen molar-refractivity contribution in [2.45, 2.75) is 31.6 Å². The fourth-order valence-corrected chi connectivity index (χ4v) is 4.05. The van der Waals surface area contributed by atoms with Gasteiger partial charge in [-0.3, -0.25) is 9.59 Å². The van der Waals surface area contributed by atoms with Crippen LogP contribution in [0.15, 0.2) is 36.4 Å². The number of rotatable bonds is 8. The SMILES string of the molecule is COC(=O)CCC(CCC(=O)OC)c1ccc(OC)c2c1c1ccccc1n2C. The van der Waals surface area contributed by atoms with Crippen LogP contribution in [0, 0.1) is 0 Å². The minimum atomic E-state index is -0.254. The number of methoxy groups -OCH3 is 3. The summed E-state index contributed by atoms with van der Waals surface area (Å²) in [5, 5.41) is 2.22.